The molecule has 0 fully saturated rings. The van der Waals surface area contributed by atoms with Crippen LogP contribution in [0.1, 0.15) is 21.6 Å². The molecule has 0 aliphatic rings. The number of aromatic nitrogens is 2. The van der Waals surface area contributed by atoms with Gasteiger partial charge in [-0.15, -0.1) is 10.2 Å². The maximum absolute atomic E-state index is 11.1. The van der Waals surface area contributed by atoms with E-state index in [4.69, 9.17) is 10.2 Å². The molecule has 0 bridgehead atoms. The molecular weight excluding hydrogens is 324 g/mol. The highest BCUT2D eigenvalue weighted by Crippen LogP contribution is 2.25. The van der Waals surface area contributed by atoms with Gasteiger partial charge < -0.3 is 10.2 Å². The van der Waals surface area contributed by atoms with Gasteiger partial charge in [0.2, 0.25) is 0 Å². The quantitative estimate of drug-likeness (QED) is 0.692. The van der Waals surface area contributed by atoms with Crippen molar-refractivity contribution in [3.8, 4) is 0 Å². The fourth-order valence-electron chi connectivity index (χ4n) is 2.33. The number of hydrogen-bond donors (Lipinski definition) is 2. The number of pyridine rings is 1. The van der Waals surface area contributed by atoms with Crippen LogP contribution in [0.2, 0.25) is 0 Å². The Bertz CT molecular complexity index is 990. The summed E-state index contributed by atoms with van der Waals surface area (Å²) in [5.74, 6) is -1.70. The van der Waals surface area contributed by atoms with E-state index in [1.54, 1.807) is 16.7 Å². The molecule has 0 amide bonds. The van der Waals surface area contributed by atoms with Crippen LogP contribution in [0.25, 0.3) is 5.65 Å². The first kappa shape index (κ1) is 16.3. The molecule has 25 heavy (non-hydrogen) atoms. The number of carboxylic acid groups (broad SMARTS) is 2. The van der Waals surface area contributed by atoms with Crippen molar-refractivity contribution in [2.24, 2.45) is 10.2 Å². The zero-order chi connectivity index (χ0) is 18.0. The monoisotopic (exact) mass is 338 g/mol. The van der Waals surface area contributed by atoms with E-state index in [-0.39, 0.29) is 12.0 Å². The molecule has 2 N–H and O–H groups in total. The zero-order valence-electron chi connectivity index (χ0n) is 13.2. The predicted molar refractivity (Wildman–Crippen MR) is 88.8 cm³/mol. The van der Waals surface area contributed by atoms with E-state index in [2.05, 4.69) is 15.2 Å². The lowest BCUT2D eigenvalue weighted by atomic mass is 10.2. The number of fused-ring (bicyclic) bond motifs is 1. The molecule has 0 atom stereocenters. The number of nitrogens with zero attached hydrogens (tertiary/aromatic N) is 4. The SMILES string of the molecule is Cc1ccc2nc(CC(=O)O)c(N=Nc3ccc(C(=O)O)cc3)n2c1. The number of rotatable bonds is 5. The van der Waals surface area contributed by atoms with Crippen molar-refractivity contribution in [3.63, 3.8) is 0 Å². The molecular formula is C17H14N4O4. The normalized spacial score (nSPS) is 11.2. The van der Waals surface area contributed by atoms with Gasteiger partial charge in [0.1, 0.15) is 5.65 Å². The molecule has 8 nitrogen and oxygen atoms in total. The number of hydrogen-bond acceptors (Lipinski definition) is 5. The molecule has 0 spiro atoms. The fourth-order valence-corrected chi connectivity index (χ4v) is 2.33. The minimum atomic E-state index is -1.02. The number of carboxylic acids is 2. The summed E-state index contributed by atoms with van der Waals surface area (Å²) in [4.78, 5) is 26.2. The topological polar surface area (TPSA) is 117 Å². The van der Waals surface area contributed by atoms with Crippen molar-refractivity contribution < 1.29 is 19.8 Å². The van der Waals surface area contributed by atoms with Gasteiger partial charge in [0, 0.05) is 6.20 Å². The van der Waals surface area contributed by atoms with Crippen LogP contribution in [0.5, 0.6) is 0 Å². The summed E-state index contributed by atoms with van der Waals surface area (Å²) < 4.78 is 1.68. The van der Waals surface area contributed by atoms with Gasteiger partial charge in [-0.05, 0) is 42.8 Å². The summed E-state index contributed by atoms with van der Waals surface area (Å²) in [6.45, 7) is 1.90. The lowest BCUT2D eigenvalue weighted by molar-refractivity contribution is -0.136. The van der Waals surface area contributed by atoms with Crippen LogP contribution in [0.4, 0.5) is 11.5 Å². The fraction of sp³-hybridized carbons (Fsp3) is 0.118. The van der Waals surface area contributed by atoms with Crippen LogP contribution in [-0.2, 0) is 11.2 Å². The molecule has 0 radical (unpaired) electrons. The standard InChI is InChI=1S/C17H14N4O4/c1-10-2-7-14-18-13(8-15(22)23)16(21(14)9-10)20-19-12-5-3-11(4-6-12)17(24)25/h2-7,9H,8H2,1H3,(H,22,23)(H,24,25). The minimum Gasteiger partial charge on any atom is -0.481 e. The highest BCUT2D eigenvalue weighted by Gasteiger charge is 2.15. The molecule has 3 rings (SSSR count). The molecule has 0 unspecified atom stereocenters. The number of aromatic carboxylic acids is 1. The van der Waals surface area contributed by atoms with Gasteiger partial charge in [0.05, 0.1) is 23.4 Å². The van der Waals surface area contributed by atoms with E-state index in [0.29, 0.717) is 22.8 Å². The van der Waals surface area contributed by atoms with E-state index >= 15 is 0 Å². The van der Waals surface area contributed by atoms with Gasteiger partial charge in [-0.3, -0.25) is 9.20 Å². The lowest BCUT2D eigenvalue weighted by Crippen LogP contribution is -2.00. The second-order valence-electron chi connectivity index (χ2n) is 5.44. The molecule has 2 heterocycles. The Morgan fingerprint density at radius 3 is 2.44 bits per heavy atom. The number of benzene rings is 1. The van der Waals surface area contributed by atoms with Crippen molar-refractivity contribution in [1.82, 2.24) is 9.38 Å². The first-order valence-corrected chi connectivity index (χ1v) is 7.38. The molecule has 2 aromatic heterocycles. The Morgan fingerprint density at radius 2 is 1.80 bits per heavy atom. The van der Waals surface area contributed by atoms with Crippen LogP contribution < -0.4 is 0 Å². The Morgan fingerprint density at radius 1 is 1.08 bits per heavy atom. The molecule has 1 aromatic carbocycles. The summed E-state index contributed by atoms with van der Waals surface area (Å²) in [7, 11) is 0. The van der Waals surface area contributed by atoms with Crippen LogP contribution in [0.15, 0.2) is 52.8 Å². The summed E-state index contributed by atoms with van der Waals surface area (Å²) >= 11 is 0. The Labute approximate surface area is 142 Å². The van der Waals surface area contributed by atoms with E-state index in [1.807, 2.05) is 13.0 Å². The van der Waals surface area contributed by atoms with Crippen LogP contribution in [-0.4, -0.2) is 31.5 Å². The maximum Gasteiger partial charge on any atom is 0.335 e. The van der Waals surface area contributed by atoms with Gasteiger partial charge in [-0.2, -0.15) is 0 Å². The second kappa shape index (κ2) is 6.52. The zero-order valence-corrected chi connectivity index (χ0v) is 13.2. The van der Waals surface area contributed by atoms with Crippen LogP contribution >= 0.6 is 0 Å². The van der Waals surface area contributed by atoms with Gasteiger partial charge >= 0.3 is 11.9 Å². The molecule has 8 heteroatoms. The van der Waals surface area contributed by atoms with E-state index < -0.39 is 11.9 Å². The van der Waals surface area contributed by atoms with Crippen molar-refractivity contribution in [3.05, 3.63) is 59.4 Å². The Balaban J connectivity index is 2.02. The number of aliphatic carboxylic acids is 1. The summed E-state index contributed by atoms with van der Waals surface area (Å²) in [6, 6.07) is 9.55. The first-order chi connectivity index (χ1) is 11.9. The molecule has 0 aliphatic heterocycles. The smallest absolute Gasteiger partial charge is 0.335 e. The predicted octanol–water partition coefficient (Wildman–Crippen LogP) is 3.38. The molecule has 0 aliphatic carbocycles. The number of azo groups is 1. The van der Waals surface area contributed by atoms with Gasteiger partial charge in [0.25, 0.3) is 0 Å². The summed E-state index contributed by atoms with van der Waals surface area (Å²) in [6.07, 6.45) is 1.53. The van der Waals surface area contributed by atoms with Crippen molar-refractivity contribution >= 4 is 29.1 Å². The molecule has 3 aromatic rings. The third-order valence-corrected chi connectivity index (χ3v) is 3.50. The third kappa shape index (κ3) is 3.52. The van der Waals surface area contributed by atoms with Crippen molar-refractivity contribution in [2.45, 2.75) is 13.3 Å². The maximum atomic E-state index is 11.1. The first-order valence-electron chi connectivity index (χ1n) is 7.38. The Hall–Kier alpha value is -3.55. The highest BCUT2D eigenvalue weighted by atomic mass is 16.4. The van der Waals surface area contributed by atoms with Crippen LogP contribution in [0.3, 0.4) is 0 Å². The van der Waals surface area contributed by atoms with Crippen molar-refractivity contribution in [2.75, 3.05) is 0 Å². The van der Waals surface area contributed by atoms with Crippen LogP contribution in [0, 0.1) is 6.92 Å². The number of imidazole rings is 1. The summed E-state index contributed by atoms with van der Waals surface area (Å²) in [5, 5.41) is 26.2. The van der Waals surface area contributed by atoms with Gasteiger partial charge in [-0.1, -0.05) is 6.07 Å². The average molecular weight is 338 g/mol. The molecule has 0 saturated carbocycles. The Kier molecular flexibility index (Phi) is 4.25. The minimum absolute atomic E-state index is 0.149. The molecule has 0 saturated heterocycles. The highest BCUT2D eigenvalue weighted by molar-refractivity contribution is 5.87. The second-order valence-corrected chi connectivity index (χ2v) is 5.44. The number of aryl methyl sites for hydroxylation is 1. The van der Waals surface area contributed by atoms with E-state index in [1.165, 1.54) is 24.3 Å². The lowest BCUT2D eigenvalue weighted by Gasteiger charge is -1.99. The van der Waals surface area contributed by atoms with E-state index in [9.17, 15) is 9.59 Å². The summed E-state index contributed by atoms with van der Waals surface area (Å²) in [5.41, 5.74) is 2.46. The average Bonchev–Trinajstić information content (AvgIpc) is 2.89. The third-order valence-electron chi connectivity index (χ3n) is 3.50. The largest absolute Gasteiger partial charge is 0.481 e. The van der Waals surface area contributed by atoms with Gasteiger partial charge in [0.15, 0.2) is 5.82 Å². The number of carbonyl (C=O) groups is 2. The van der Waals surface area contributed by atoms with E-state index in [0.717, 1.165) is 5.56 Å². The van der Waals surface area contributed by atoms with Gasteiger partial charge in [-0.25, -0.2) is 9.78 Å². The van der Waals surface area contributed by atoms with Crippen molar-refractivity contribution in [1.29, 1.82) is 0 Å². The molecule has 126 valence electrons.